The van der Waals surface area contributed by atoms with Gasteiger partial charge in [0.1, 0.15) is 23.9 Å². The minimum atomic E-state index is -4.60. The summed E-state index contributed by atoms with van der Waals surface area (Å²) in [5.41, 5.74) is 1.18. The van der Waals surface area contributed by atoms with Crippen LogP contribution in [-0.4, -0.2) is 38.1 Å². The highest BCUT2D eigenvalue weighted by Crippen LogP contribution is 2.43. The predicted octanol–water partition coefficient (Wildman–Crippen LogP) is 6.99. The number of allylic oxidation sites excluding steroid dienone is 3. The first-order valence-electron chi connectivity index (χ1n) is 11.3. The molecule has 1 aliphatic carbocycles. The average molecular weight is 502 g/mol. The molecule has 1 aliphatic heterocycles. The summed E-state index contributed by atoms with van der Waals surface area (Å²) in [7, 11) is 1.48. The number of hydrogen-bond acceptors (Lipinski definition) is 4. The van der Waals surface area contributed by atoms with E-state index >= 15 is 0 Å². The highest BCUT2D eigenvalue weighted by atomic mass is 19.4. The number of hydrogen-bond donors (Lipinski definition) is 1. The first kappa shape index (κ1) is 26.7. The number of benzene rings is 1. The molecule has 1 heterocycles. The molecule has 0 amide bonds. The molecular formula is C25H28F6N2O2. The van der Waals surface area contributed by atoms with E-state index in [-0.39, 0.29) is 31.1 Å². The summed E-state index contributed by atoms with van der Waals surface area (Å²) in [4.78, 5) is 4.43. The second kappa shape index (κ2) is 10.8. The molecule has 35 heavy (non-hydrogen) atoms. The van der Waals surface area contributed by atoms with Crippen molar-refractivity contribution in [3.8, 4) is 11.5 Å². The lowest BCUT2D eigenvalue weighted by atomic mass is 9.78. The molecule has 10 heteroatoms. The second-order valence-electron chi connectivity index (χ2n) is 8.63. The molecule has 1 N–H and O–H groups in total. The Morgan fingerprint density at radius 2 is 1.97 bits per heavy atom. The van der Waals surface area contributed by atoms with E-state index in [1.54, 1.807) is 31.3 Å². The Kier molecular flexibility index (Phi) is 8.22. The Morgan fingerprint density at radius 3 is 2.54 bits per heavy atom. The average Bonchev–Trinajstić information content (AvgIpc) is 2.78. The summed E-state index contributed by atoms with van der Waals surface area (Å²) in [5.74, 6) is -3.06. The Labute approximate surface area is 200 Å². The number of halogens is 6. The quantitative estimate of drug-likeness (QED) is 0.292. The van der Waals surface area contributed by atoms with E-state index in [4.69, 9.17) is 9.47 Å². The second-order valence-corrected chi connectivity index (χ2v) is 8.63. The van der Waals surface area contributed by atoms with Crippen LogP contribution in [0.1, 0.15) is 45.1 Å². The van der Waals surface area contributed by atoms with E-state index < -0.39 is 30.0 Å². The van der Waals surface area contributed by atoms with Crippen LogP contribution in [0.2, 0.25) is 0 Å². The number of methoxy groups -OCH3 is 1. The molecule has 0 radical (unpaired) electrons. The molecule has 0 aromatic heterocycles. The lowest BCUT2D eigenvalue weighted by Crippen LogP contribution is -2.39. The Balaban J connectivity index is 1.75. The van der Waals surface area contributed by atoms with Gasteiger partial charge in [0.2, 0.25) is 5.92 Å². The van der Waals surface area contributed by atoms with Crippen molar-refractivity contribution in [3.63, 3.8) is 0 Å². The lowest BCUT2D eigenvalue weighted by molar-refractivity contribution is -0.0934. The molecule has 4 nitrogen and oxygen atoms in total. The zero-order valence-corrected chi connectivity index (χ0v) is 19.7. The number of nitrogens with zero attached hydrogens (tertiary/aromatic N) is 1. The first-order chi connectivity index (χ1) is 16.4. The number of alkyl halides is 5. The van der Waals surface area contributed by atoms with E-state index in [2.05, 4.69) is 10.3 Å². The number of rotatable bonds is 9. The number of ether oxygens (including phenoxy) is 2. The monoisotopic (exact) mass is 502 g/mol. The fourth-order valence-electron chi connectivity index (χ4n) is 3.84. The zero-order chi connectivity index (χ0) is 25.8. The van der Waals surface area contributed by atoms with Crippen molar-refractivity contribution in [1.82, 2.24) is 5.32 Å². The van der Waals surface area contributed by atoms with Gasteiger partial charge in [-0.2, -0.15) is 13.2 Å². The van der Waals surface area contributed by atoms with Crippen LogP contribution in [0.25, 0.3) is 5.57 Å². The van der Waals surface area contributed by atoms with Crippen LogP contribution in [0.15, 0.2) is 52.6 Å². The molecule has 2 aliphatic rings. The molecule has 0 saturated heterocycles. The molecule has 0 atom stereocenters. The van der Waals surface area contributed by atoms with Gasteiger partial charge in [-0.15, -0.1) is 0 Å². The van der Waals surface area contributed by atoms with Crippen molar-refractivity contribution in [1.29, 1.82) is 0 Å². The maximum atomic E-state index is 14.1. The molecule has 1 aromatic rings. The van der Waals surface area contributed by atoms with Gasteiger partial charge in [-0.1, -0.05) is 13.3 Å². The normalized spacial score (nSPS) is 19.2. The van der Waals surface area contributed by atoms with Crippen molar-refractivity contribution in [2.45, 2.75) is 51.6 Å². The molecule has 0 bridgehead atoms. The van der Waals surface area contributed by atoms with Crippen molar-refractivity contribution in [2.24, 2.45) is 10.9 Å². The van der Waals surface area contributed by atoms with Crippen LogP contribution < -0.4 is 14.8 Å². The van der Waals surface area contributed by atoms with Gasteiger partial charge in [-0.05, 0) is 37.1 Å². The van der Waals surface area contributed by atoms with E-state index in [1.165, 1.54) is 7.11 Å². The van der Waals surface area contributed by atoms with Crippen LogP contribution in [0.5, 0.6) is 11.5 Å². The summed E-state index contributed by atoms with van der Waals surface area (Å²) in [6.07, 6.45) is -1.35. The summed E-state index contributed by atoms with van der Waals surface area (Å²) in [6.45, 7) is 2.91. The maximum absolute atomic E-state index is 14.1. The number of aliphatic imine (C=N–C) groups is 1. The topological polar surface area (TPSA) is 42.8 Å². The van der Waals surface area contributed by atoms with Gasteiger partial charge in [0, 0.05) is 48.8 Å². The van der Waals surface area contributed by atoms with E-state index in [0.717, 1.165) is 17.6 Å². The molecular weight excluding hydrogens is 474 g/mol. The van der Waals surface area contributed by atoms with Gasteiger partial charge in [0.05, 0.1) is 18.4 Å². The SMILES string of the molecule is CCC/C(=C\N=C(/C)C1CC(F)(F)C1)c1ccc(OCC2=C(F)C=C(C(F)(F)F)CN2)cc1OC. The third kappa shape index (κ3) is 6.82. The fraction of sp³-hybridized carbons (Fsp3) is 0.480. The van der Waals surface area contributed by atoms with Crippen LogP contribution >= 0.6 is 0 Å². The fourth-order valence-corrected chi connectivity index (χ4v) is 3.84. The number of dihydropyridines is 1. The molecule has 0 unspecified atom stereocenters. The highest BCUT2D eigenvalue weighted by Gasteiger charge is 2.46. The van der Waals surface area contributed by atoms with Gasteiger partial charge >= 0.3 is 6.18 Å². The smallest absolute Gasteiger partial charge is 0.414 e. The minimum absolute atomic E-state index is 0.0843. The Bertz CT molecular complexity index is 1050. The van der Waals surface area contributed by atoms with Crippen molar-refractivity contribution in [3.05, 3.63) is 53.1 Å². The van der Waals surface area contributed by atoms with Gasteiger partial charge in [0.15, 0.2) is 0 Å². The summed E-state index contributed by atoms with van der Waals surface area (Å²) in [5, 5.41) is 2.41. The minimum Gasteiger partial charge on any atom is -0.496 e. The molecule has 1 fully saturated rings. The Morgan fingerprint density at radius 1 is 1.26 bits per heavy atom. The molecule has 1 saturated carbocycles. The van der Waals surface area contributed by atoms with Crippen LogP contribution in [-0.2, 0) is 0 Å². The van der Waals surface area contributed by atoms with E-state index in [9.17, 15) is 26.3 Å². The van der Waals surface area contributed by atoms with Gasteiger partial charge in [-0.3, -0.25) is 4.99 Å². The summed E-state index contributed by atoms with van der Waals surface area (Å²) >= 11 is 0. The molecule has 0 spiro atoms. The molecule has 1 aromatic carbocycles. The number of nitrogens with one attached hydrogen (secondary N) is 1. The van der Waals surface area contributed by atoms with Gasteiger partial charge in [-0.25, -0.2) is 13.2 Å². The largest absolute Gasteiger partial charge is 0.496 e. The van der Waals surface area contributed by atoms with Crippen LogP contribution in [0, 0.1) is 5.92 Å². The van der Waals surface area contributed by atoms with Gasteiger partial charge < -0.3 is 14.8 Å². The third-order valence-corrected chi connectivity index (χ3v) is 5.97. The van der Waals surface area contributed by atoms with E-state index in [1.807, 2.05) is 6.92 Å². The zero-order valence-electron chi connectivity index (χ0n) is 19.7. The van der Waals surface area contributed by atoms with Crippen molar-refractivity contribution in [2.75, 3.05) is 20.3 Å². The van der Waals surface area contributed by atoms with E-state index in [0.29, 0.717) is 29.7 Å². The van der Waals surface area contributed by atoms with Crippen molar-refractivity contribution >= 4 is 11.3 Å². The van der Waals surface area contributed by atoms with Crippen LogP contribution in [0.3, 0.4) is 0 Å². The highest BCUT2D eigenvalue weighted by molar-refractivity contribution is 5.87. The third-order valence-electron chi connectivity index (χ3n) is 5.97. The van der Waals surface area contributed by atoms with Crippen molar-refractivity contribution < 1.29 is 35.8 Å². The lowest BCUT2D eigenvalue weighted by Gasteiger charge is -2.34. The van der Waals surface area contributed by atoms with Gasteiger partial charge in [0.25, 0.3) is 0 Å². The molecule has 192 valence electrons. The maximum Gasteiger partial charge on any atom is 0.414 e. The summed E-state index contributed by atoms with van der Waals surface area (Å²) < 4.78 is 89.7. The predicted molar refractivity (Wildman–Crippen MR) is 122 cm³/mol. The molecule has 3 rings (SSSR count). The summed E-state index contributed by atoms with van der Waals surface area (Å²) in [6, 6.07) is 4.99. The Hall–Kier alpha value is -2.91. The standard InChI is InChI=1S/C25H28F6N2O2/c1-4-5-16(12-32-15(2)17-10-24(27,28)11-17)20-7-6-19(9-23(20)34-3)35-14-22-21(26)8-18(13-33-22)25(29,30)31/h6-9,12,17,33H,4-5,10-11,13-14H2,1-3H3/b16-12+,32-15+. The first-order valence-corrected chi connectivity index (χ1v) is 11.3. The van der Waals surface area contributed by atoms with Crippen LogP contribution in [0.4, 0.5) is 26.3 Å².